The molecule has 2 fully saturated rings. The number of aromatic nitrogens is 5. The number of imidazole rings is 1. The Labute approximate surface area is 282 Å². The fourth-order valence-electron chi connectivity index (χ4n) is 5.88. The van der Waals surface area contributed by atoms with Crippen molar-refractivity contribution in [2.75, 3.05) is 51.6 Å². The van der Waals surface area contributed by atoms with E-state index in [9.17, 15) is 0 Å². The van der Waals surface area contributed by atoms with Gasteiger partial charge in [-0.3, -0.25) is 10.1 Å². The maximum Gasteiger partial charge on any atom is 0.159 e. The lowest BCUT2D eigenvalue weighted by Gasteiger charge is -2.35. The zero-order chi connectivity index (χ0) is 34.3. The number of pyridine rings is 1. The first-order chi connectivity index (χ1) is 22.9. The van der Waals surface area contributed by atoms with E-state index < -0.39 is 0 Å². The predicted octanol–water partition coefficient (Wildman–Crippen LogP) is 5.94. The number of piperazine rings is 1. The lowest BCUT2D eigenvalue weighted by atomic mass is 9.93. The van der Waals surface area contributed by atoms with Gasteiger partial charge in [0.25, 0.3) is 0 Å². The molecule has 47 heavy (non-hydrogen) atoms. The summed E-state index contributed by atoms with van der Waals surface area (Å²) in [5.41, 5.74) is 7.68. The molecule has 5 heterocycles. The van der Waals surface area contributed by atoms with Gasteiger partial charge < -0.3 is 25.4 Å². The van der Waals surface area contributed by atoms with Crippen LogP contribution in [0.2, 0.25) is 0 Å². The second-order valence-corrected chi connectivity index (χ2v) is 11.6. The van der Waals surface area contributed by atoms with E-state index in [0.29, 0.717) is 11.7 Å². The SMILES string of the molecule is C=C/C=C(\c1nc(-c2n[nH]c(=C)/c2=C\C(=C/C)c2cncc(NC(=C)CC3CCNCC3)c2)[nH]c1C)N1CCN(C)CC1.CC.CC. The van der Waals surface area contributed by atoms with Crippen LogP contribution in [0.3, 0.4) is 0 Å². The van der Waals surface area contributed by atoms with Crippen molar-refractivity contribution in [2.45, 2.75) is 60.8 Å². The molecule has 0 spiro atoms. The fraction of sp³-hybridized carbons (Fsp3) is 0.447. The molecular formula is C38H57N9. The highest BCUT2D eigenvalue weighted by Gasteiger charge is 2.22. The number of hydrogen-bond acceptors (Lipinski definition) is 7. The van der Waals surface area contributed by atoms with E-state index in [0.717, 1.165) is 102 Å². The lowest BCUT2D eigenvalue weighted by molar-refractivity contribution is 0.207. The summed E-state index contributed by atoms with van der Waals surface area (Å²) < 4.78 is 0. The van der Waals surface area contributed by atoms with E-state index >= 15 is 0 Å². The Kier molecular flexibility index (Phi) is 14.9. The van der Waals surface area contributed by atoms with Crippen molar-refractivity contribution >= 4 is 29.6 Å². The van der Waals surface area contributed by atoms with Crippen LogP contribution in [-0.4, -0.2) is 81.3 Å². The van der Waals surface area contributed by atoms with E-state index in [-0.39, 0.29) is 0 Å². The van der Waals surface area contributed by atoms with Crippen LogP contribution in [0, 0.1) is 12.8 Å². The summed E-state index contributed by atoms with van der Waals surface area (Å²) in [7, 11) is 2.16. The summed E-state index contributed by atoms with van der Waals surface area (Å²) in [4.78, 5) is 17.8. The number of nitrogens with zero attached hydrogens (tertiary/aromatic N) is 5. The van der Waals surface area contributed by atoms with Gasteiger partial charge in [0.2, 0.25) is 0 Å². The molecule has 0 bridgehead atoms. The predicted molar refractivity (Wildman–Crippen MR) is 201 cm³/mol. The van der Waals surface area contributed by atoms with Crippen LogP contribution in [0.4, 0.5) is 5.69 Å². The van der Waals surface area contributed by atoms with Gasteiger partial charge in [-0.05, 0) is 83.0 Å². The number of aryl methyl sites for hydroxylation is 1. The molecular weight excluding hydrogens is 582 g/mol. The van der Waals surface area contributed by atoms with E-state index in [4.69, 9.17) is 4.98 Å². The smallest absolute Gasteiger partial charge is 0.159 e. The molecule has 3 aromatic heterocycles. The summed E-state index contributed by atoms with van der Waals surface area (Å²) >= 11 is 0. The molecule has 254 valence electrons. The van der Waals surface area contributed by atoms with Gasteiger partial charge in [-0.15, -0.1) is 0 Å². The number of hydrogen-bond donors (Lipinski definition) is 4. The number of rotatable bonds is 10. The summed E-state index contributed by atoms with van der Waals surface area (Å²) in [5.74, 6) is 1.37. The highest BCUT2D eigenvalue weighted by Crippen LogP contribution is 2.26. The van der Waals surface area contributed by atoms with Crippen molar-refractivity contribution in [1.29, 1.82) is 0 Å². The monoisotopic (exact) mass is 639 g/mol. The lowest BCUT2D eigenvalue weighted by Crippen LogP contribution is -2.43. The maximum atomic E-state index is 5.06. The van der Waals surface area contributed by atoms with Crippen LogP contribution in [-0.2, 0) is 0 Å². The molecule has 0 amide bonds. The average Bonchev–Trinajstić information content (AvgIpc) is 3.66. The molecule has 2 aliphatic rings. The molecule has 2 saturated heterocycles. The number of nitrogens with one attached hydrogen (secondary N) is 4. The van der Waals surface area contributed by atoms with Crippen LogP contribution >= 0.6 is 0 Å². The van der Waals surface area contributed by atoms with Crippen LogP contribution in [0.25, 0.3) is 35.4 Å². The molecule has 0 saturated carbocycles. The third kappa shape index (κ3) is 9.89. The van der Waals surface area contributed by atoms with Gasteiger partial charge in [-0.1, -0.05) is 59.6 Å². The molecule has 9 heteroatoms. The van der Waals surface area contributed by atoms with Gasteiger partial charge >= 0.3 is 0 Å². The van der Waals surface area contributed by atoms with Crippen LogP contribution in [0.1, 0.15) is 70.8 Å². The molecule has 0 unspecified atom stereocenters. The van der Waals surface area contributed by atoms with Crippen LogP contribution in [0.5, 0.6) is 0 Å². The van der Waals surface area contributed by atoms with Crippen molar-refractivity contribution in [2.24, 2.45) is 5.92 Å². The van der Waals surface area contributed by atoms with Gasteiger partial charge in [-0.25, -0.2) is 4.98 Å². The van der Waals surface area contributed by atoms with Gasteiger partial charge in [-0.2, -0.15) is 5.10 Å². The molecule has 0 atom stereocenters. The number of piperidine rings is 1. The van der Waals surface area contributed by atoms with Crippen molar-refractivity contribution in [3.8, 4) is 11.5 Å². The first kappa shape index (κ1) is 37.2. The number of anilines is 1. The highest BCUT2D eigenvalue weighted by atomic mass is 15.3. The molecule has 3 aromatic rings. The first-order valence-corrected chi connectivity index (χ1v) is 17.2. The van der Waals surface area contributed by atoms with Crippen molar-refractivity contribution in [1.82, 2.24) is 40.3 Å². The molecule has 0 aliphatic carbocycles. The Morgan fingerprint density at radius 3 is 2.45 bits per heavy atom. The Morgan fingerprint density at radius 1 is 1.09 bits per heavy atom. The third-order valence-corrected chi connectivity index (χ3v) is 8.35. The van der Waals surface area contributed by atoms with Crippen molar-refractivity contribution < 1.29 is 0 Å². The molecule has 2 aliphatic heterocycles. The Hall–Kier alpha value is -4.21. The second-order valence-electron chi connectivity index (χ2n) is 11.6. The van der Waals surface area contributed by atoms with E-state index in [1.807, 2.05) is 53.1 Å². The van der Waals surface area contributed by atoms with Crippen molar-refractivity contribution in [3.05, 3.63) is 83.1 Å². The summed E-state index contributed by atoms with van der Waals surface area (Å²) in [6, 6.07) is 2.12. The summed E-state index contributed by atoms with van der Waals surface area (Å²) in [6.07, 6.45) is 15.2. The van der Waals surface area contributed by atoms with Crippen molar-refractivity contribution in [3.63, 3.8) is 0 Å². The van der Waals surface area contributed by atoms with Gasteiger partial charge in [0.15, 0.2) is 5.82 Å². The fourth-order valence-corrected chi connectivity index (χ4v) is 5.88. The average molecular weight is 640 g/mol. The first-order valence-electron chi connectivity index (χ1n) is 17.2. The molecule has 0 radical (unpaired) electrons. The Balaban J connectivity index is 0.00000144. The number of H-pyrrole nitrogens is 2. The number of aromatic amines is 2. The van der Waals surface area contributed by atoms with E-state index in [1.165, 1.54) is 12.8 Å². The normalized spacial score (nSPS) is 16.6. The summed E-state index contributed by atoms with van der Waals surface area (Å²) in [6.45, 7) is 30.7. The van der Waals surface area contributed by atoms with Gasteiger partial charge in [0.05, 0.1) is 22.9 Å². The quantitative estimate of drug-likeness (QED) is 0.204. The highest BCUT2D eigenvalue weighted by molar-refractivity contribution is 5.89. The number of allylic oxidation sites excluding steroid dienone is 5. The van der Waals surface area contributed by atoms with Crippen LogP contribution in [0.15, 0.2) is 55.5 Å². The molecule has 5 rings (SSSR count). The second kappa shape index (κ2) is 18.8. The minimum absolute atomic E-state index is 0.669. The Bertz CT molecular complexity index is 1610. The standard InChI is InChI=1S/C34H45N9.2C2H6/c1-7-9-31(43-16-14-42(6)15-17-43)32-25(5)38-34(39-32)33-30(24(4)40-41-33)20-27(8-2)28-19-29(22-36-21-28)37-23(3)18-26-10-12-35-13-11-26;2*1-2/h7-9,19-22,26,35,37,40H,1,3-4,10-18H2,2,5-6H3,(H,38,39);2*1-2H3/b27-8+,30-20+,31-9+;;. The molecule has 0 aromatic carbocycles. The minimum atomic E-state index is 0.669. The minimum Gasteiger partial charge on any atom is -0.367 e. The number of likely N-dealkylation sites (N-methyl/N-ethyl adjacent to an activating group) is 1. The topological polar surface area (TPSA) is 101 Å². The van der Waals surface area contributed by atoms with Gasteiger partial charge in [0.1, 0.15) is 11.4 Å². The third-order valence-electron chi connectivity index (χ3n) is 8.35. The zero-order valence-electron chi connectivity index (χ0n) is 29.8. The van der Waals surface area contributed by atoms with Crippen LogP contribution < -0.4 is 21.2 Å². The van der Waals surface area contributed by atoms with Gasteiger partial charge in [0, 0.05) is 54.5 Å². The molecule has 9 nitrogen and oxygen atoms in total. The summed E-state index contributed by atoms with van der Waals surface area (Å²) in [5, 5.41) is 16.2. The van der Waals surface area contributed by atoms with E-state index in [2.05, 4.69) is 98.6 Å². The maximum absolute atomic E-state index is 5.06. The van der Waals surface area contributed by atoms with E-state index in [1.54, 1.807) is 0 Å². The zero-order valence-corrected chi connectivity index (χ0v) is 29.8. The largest absolute Gasteiger partial charge is 0.367 e. The Morgan fingerprint density at radius 2 is 1.79 bits per heavy atom. The molecule has 4 N–H and O–H groups in total.